The maximum atomic E-state index is 12.8. The van der Waals surface area contributed by atoms with Gasteiger partial charge >= 0.3 is 0 Å². The Bertz CT molecular complexity index is 725. The highest BCUT2D eigenvalue weighted by molar-refractivity contribution is 9.10. The van der Waals surface area contributed by atoms with Crippen LogP contribution in [0.4, 0.5) is 0 Å². The summed E-state index contributed by atoms with van der Waals surface area (Å²) in [4.78, 5) is 14.7. The Morgan fingerprint density at radius 3 is 2.73 bits per heavy atom. The van der Waals surface area contributed by atoms with Crippen molar-refractivity contribution in [2.75, 3.05) is 12.3 Å². The average molecular weight is 417 g/mol. The fraction of sp³-hybridized carbons (Fsp3) is 0.188. The molecule has 1 atom stereocenters. The number of thioether (sulfide) groups is 1. The number of halogens is 3. The summed E-state index contributed by atoms with van der Waals surface area (Å²) in [5.74, 6) is 0.897. The number of amides is 1. The van der Waals surface area contributed by atoms with Crippen molar-refractivity contribution in [1.82, 2.24) is 4.90 Å². The number of benzene rings is 2. The second kappa shape index (κ2) is 6.83. The normalized spacial score (nSPS) is 17.8. The van der Waals surface area contributed by atoms with Gasteiger partial charge in [0, 0.05) is 32.4 Å². The molecule has 1 saturated heterocycles. The van der Waals surface area contributed by atoms with Gasteiger partial charge in [-0.25, -0.2) is 0 Å². The molecule has 3 rings (SSSR count). The Morgan fingerprint density at radius 2 is 2.00 bits per heavy atom. The predicted molar refractivity (Wildman–Crippen MR) is 96.8 cm³/mol. The fourth-order valence-corrected chi connectivity index (χ4v) is 4.75. The van der Waals surface area contributed by atoms with Gasteiger partial charge in [0.1, 0.15) is 5.37 Å². The van der Waals surface area contributed by atoms with Crippen molar-refractivity contribution in [3.05, 3.63) is 68.1 Å². The van der Waals surface area contributed by atoms with E-state index in [2.05, 4.69) is 15.9 Å². The largest absolute Gasteiger partial charge is 0.322 e. The van der Waals surface area contributed by atoms with Gasteiger partial charge in [-0.1, -0.05) is 41.4 Å². The van der Waals surface area contributed by atoms with Crippen LogP contribution in [0.2, 0.25) is 10.0 Å². The van der Waals surface area contributed by atoms with Crippen LogP contribution in [0.3, 0.4) is 0 Å². The highest BCUT2D eigenvalue weighted by Crippen LogP contribution is 2.42. The topological polar surface area (TPSA) is 20.3 Å². The molecule has 0 N–H and O–H groups in total. The molecular weight excluding hydrogens is 405 g/mol. The molecule has 1 unspecified atom stereocenters. The highest BCUT2D eigenvalue weighted by atomic mass is 79.9. The van der Waals surface area contributed by atoms with E-state index < -0.39 is 0 Å². The van der Waals surface area contributed by atoms with Crippen LogP contribution in [0.1, 0.15) is 21.3 Å². The molecule has 6 heteroatoms. The Labute approximate surface area is 151 Å². The molecule has 114 valence electrons. The monoisotopic (exact) mass is 415 g/mol. The quantitative estimate of drug-likeness (QED) is 0.630. The van der Waals surface area contributed by atoms with E-state index in [1.165, 1.54) is 0 Å². The zero-order valence-electron chi connectivity index (χ0n) is 11.4. The lowest BCUT2D eigenvalue weighted by Crippen LogP contribution is -2.30. The smallest absolute Gasteiger partial charge is 0.256 e. The Morgan fingerprint density at radius 1 is 1.23 bits per heavy atom. The highest BCUT2D eigenvalue weighted by Gasteiger charge is 2.33. The standard InChI is InChI=1S/C16H12BrCl2NOS/c17-13-4-2-1-3-11(13)15(21)20-7-8-22-16(20)12-6-5-10(18)9-14(12)19/h1-6,9,16H,7-8H2. The summed E-state index contributed by atoms with van der Waals surface area (Å²) in [5.41, 5.74) is 1.59. The van der Waals surface area contributed by atoms with E-state index in [9.17, 15) is 4.79 Å². The predicted octanol–water partition coefficient (Wildman–Crippen LogP) is 5.64. The summed E-state index contributed by atoms with van der Waals surface area (Å²) in [6, 6.07) is 12.9. The fourth-order valence-electron chi connectivity index (χ4n) is 2.43. The molecule has 1 aliphatic rings. The van der Waals surface area contributed by atoms with Gasteiger partial charge in [0.15, 0.2) is 0 Å². The van der Waals surface area contributed by atoms with Crippen molar-refractivity contribution < 1.29 is 4.79 Å². The third-order valence-electron chi connectivity index (χ3n) is 3.48. The summed E-state index contributed by atoms with van der Waals surface area (Å²) in [6.07, 6.45) is 0. The van der Waals surface area contributed by atoms with Gasteiger partial charge < -0.3 is 4.90 Å². The number of hydrogen-bond acceptors (Lipinski definition) is 2. The van der Waals surface area contributed by atoms with Crippen molar-refractivity contribution >= 4 is 56.8 Å². The minimum Gasteiger partial charge on any atom is -0.322 e. The van der Waals surface area contributed by atoms with E-state index in [0.717, 1.165) is 15.8 Å². The number of carbonyl (C=O) groups is 1. The van der Waals surface area contributed by atoms with Gasteiger partial charge in [-0.05, 0) is 40.2 Å². The van der Waals surface area contributed by atoms with Crippen molar-refractivity contribution in [3.8, 4) is 0 Å². The molecule has 1 fully saturated rings. The third-order valence-corrected chi connectivity index (χ3v) is 5.98. The van der Waals surface area contributed by atoms with Crippen LogP contribution in [-0.2, 0) is 0 Å². The van der Waals surface area contributed by atoms with Gasteiger partial charge in [0.2, 0.25) is 0 Å². The maximum Gasteiger partial charge on any atom is 0.256 e. The van der Waals surface area contributed by atoms with Crippen molar-refractivity contribution in [2.24, 2.45) is 0 Å². The Hall–Kier alpha value is -0.680. The minimum atomic E-state index is -0.0793. The molecule has 2 aromatic rings. The van der Waals surface area contributed by atoms with E-state index >= 15 is 0 Å². The van der Waals surface area contributed by atoms with Gasteiger partial charge in [0.05, 0.1) is 5.56 Å². The first kappa shape index (κ1) is 16.2. The zero-order valence-corrected chi connectivity index (χ0v) is 15.3. The number of rotatable bonds is 2. The van der Waals surface area contributed by atoms with Crippen LogP contribution < -0.4 is 0 Å². The molecule has 0 spiro atoms. The van der Waals surface area contributed by atoms with Crippen LogP contribution in [0.15, 0.2) is 46.9 Å². The summed E-state index contributed by atoms with van der Waals surface area (Å²) < 4.78 is 0.804. The molecule has 0 aliphatic carbocycles. The van der Waals surface area contributed by atoms with Crippen molar-refractivity contribution in [1.29, 1.82) is 0 Å². The van der Waals surface area contributed by atoms with Crippen LogP contribution in [0, 0.1) is 0 Å². The summed E-state index contributed by atoms with van der Waals surface area (Å²) >= 11 is 17.4. The van der Waals surface area contributed by atoms with E-state index in [0.29, 0.717) is 22.2 Å². The molecule has 0 saturated carbocycles. The van der Waals surface area contributed by atoms with E-state index in [-0.39, 0.29) is 11.3 Å². The molecule has 2 nitrogen and oxygen atoms in total. The molecule has 22 heavy (non-hydrogen) atoms. The first-order valence-corrected chi connectivity index (χ1v) is 9.30. The second-order valence-corrected chi connectivity index (χ2v) is 7.75. The molecule has 0 aromatic heterocycles. The summed E-state index contributed by atoms with van der Waals surface area (Å²) in [6.45, 7) is 0.703. The summed E-state index contributed by atoms with van der Waals surface area (Å²) in [7, 11) is 0. The first-order valence-electron chi connectivity index (χ1n) is 6.70. The lowest BCUT2D eigenvalue weighted by Gasteiger charge is -2.25. The lowest BCUT2D eigenvalue weighted by molar-refractivity contribution is 0.0759. The SMILES string of the molecule is O=C(c1ccccc1Br)N1CCSC1c1ccc(Cl)cc1Cl. The van der Waals surface area contributed by atoms with E-state index in [4.69, 9.17) is 23.2 Å². The van der Waals surface area contributed by atoms with Crippen LogP contribution in [0.5, 0.6) is 0 Å². The lowest BCUT2D eigenvalue weighted by atomic mass is 10.1. The molecule has 1 aliphatic heterocycles. The van der Waals surface area contributed by atoms with Crippen LogP contribution in [-0.4, -0.2) is 23.1 Å². The van der Waals surface area contributed by atoms with Crippen LogP contribution in [0.25, 0.3) is 0 Å². The molecule has 1 amide bonds. The summed E-state index contributed by atoms with van der Waals surface area (Å²) in [5, 5.41) is 1.11. The maximum absolute atomic E-state index is 12.8. The van der Waals surface area contributed by atoms with Crippen molar-refractivity contribution in [3.63, 3.8) is 0 Å². The van der Waals surface area contributed by atoms with Crippen LogP contribution >= 0.6 is 50.9 Å². The van der Waals surface area contributed by atoms with E-state index in [1.807, 2.05) is 41.3 Å². The molecule has 0 radical (unpaired) electrons. The van der Waals surface area contributed by atoms with E-state index in [1.54, 1.807) is 17.8 Å². The number of hydrogen-bond donors (Lipinski definition) is 0. The molecular formula is C16H12BrCl2NOS. The van der Waals surface area contributed by atoms with Gasteiger partial charge in [-0.3, -0.25) is 4.79 Å². The van der Waals surface area contributed by atoms with Crippen molar-refractivity contribution in [2.45, 2.75) is 5.37 Å². The Balaban J connectivity index is 1.93. The first-order chi connectivity index (χ1) is 10.6. The molecule has 1 heterocycles. The average Bonchev–Trinajstić information content (AvgIpc) is 2.96. The second-order valence-electron chi connectivity index (χ2n) is 4.87. The third kappa shape index (κ3) is 3.16. The number of nitrogens with zero attached hydrogens (tertiary/aromatic N) is 1. The molecule has 0 bridgehead atoms. The zero-order chi connectivity index (χ0) is 15.7. The van der Waals surface area contributed by atoms with Gasteiger partial charge in [-0.15, -0.1) is 11.8 Å². The Kier molecular flexibility index (Phi) is 5.03. The van der Waals surface area contributed by atoms with Gasteiger partial charge in [-0.2, -0.15) is 0 Å². The van der Waals surface area contributed by atoms with Gasteiger partial charge in [0.25, 0.3) is 5.91 Å². The molecule has 2 aromatic carbocycles. The number of carbonyl (C=O) groups excluding carboxylic acids is 1. The minimum absolute atomic E-state index is 0.00786.